The van der Waals surface area contributed by atoms with Crippen LogP contribution in [0, 0.1) is 0 Å². The first-order valence-corrected chi connectivity index (χ1v) is 7.14. The summed E-state index contributed by atoms with van der Waals surface area (Å²) in [6.45, 7) is 0.797. The summed E-state index contributed by atoms with van der Waals surface area (Å²) in [5.74, 6) is 0.710. The molecule has 0 radical (unpaired) electrons. The zero-order valence-corrected chi connectivity index (χ0v) is 11.8. The summed E-state index contributed by atoms with van der Waals surface area (Å²) in [6.07, 6.45) is -0.570. The minimum absolute atomic E-state index is 0.232. The van der Waals surface area contributed by atoms with E-state index in [1.807, 2.05) is 0 Å². The zero-order valence-electron chi connectivity index (χ0n) is 11.8. The standard InChI is InChI=1S/C15H15F3N2O2/c16-15(17,18)11-5-3-10(4-6-11)14-20-19-13(22-14)8-7-12-2-1-9-21-12/h3-6,12H,1-2,7-9H2. The van der Waals surface area contributed by atoms with Gasteiger partial charge in [-0.05, 0) is 43.5 Å². The molecular formula is C15H15F3N2O2. The first-order valence-electron chi connectivity index (χ1n) is 7.14. The largest absolute Gasteiger partial charge is 0.421 e. The second-order valence-corrected chi connectivity index (χ2v) is 5.25. The van der Waals surface area contributed by atoms with Gasteiger partial charge in [0.1, 0.15) is 0 Å². The summed E-state index contributed by atoms with van der Waals surface area (Å²) in [6, 6.07) is 4.68. The third kappa shape index (κ3) is 3.47. The smallest absolute Gasteiger partial charge is 0.416 e. The monoisotopic (exact) mass is 312 g/mol. The number of hydrogen-bond acceptors (Lipinski definition) is 4. The van der Waals surface area contributed by atoms with E-state index in [2.05, 4.69) is 10.2 Å². The van der Waals surface area contributed by atoms with Crippen LogP contribution in [0.1, 0.15) is 30.7 Å². The SMILES string of the molecule is FC(F)(F)c1ccc(-c2nnc(CCC3CCCO3)o2)cc1. The summed E-state index contributed by atoms with van der Waals surface area (Å²) in [7, 11) is 0. The highest BCUT2D eigenvalue weighted by Gasteiger charge is 2.30. The van der Waals surface area contributed by atoms with Crippen LogP contribution in [0.15, 0.2) is 28.7 Å². The van der Waals surface area contributed by atoms with Gasteiger partial charge < -0.3 is 9.15 Å². The van der Waals surface area contributed by atoms with Crippen LogP contribution in [0.25, 0.3) is 11.5 Å². The quantitative estimate of drug-likeness (QED) is 0.860. The molecule has 1 atom stereocenters. The van der Waals surface area contributed by atoms with E-state index < -0.39 is 11.7 Å². The van der Waals surface area contributed by atoms with Crippen LogP contribution in [0.3, 0.4) is 0 Å². The summed E-state index contributed by atoms with van der Waals surface area (Å²) >= 11 is 0. The first-order chi connectivity index (χ1) is 10.5. The van der Waals surface area contributed by atoms with E-state index >= 15 is 0 Å². The van der Waals surface area contributed by atoms with Gasteiger partial charge in [-0.3, -0.25) is 0 Å². The van der Waals surface area contributed by atoms with E-state index in [0.29, 0.717) is 17.9 Å². The number of aryl methyl sites for hydroxylation is 1. The number of nitrogens with zero attached hydrogens (tertiary/aromatic N) is 2. The minimum Gasteiger partial charge on any atom is -0.421 e. The van der Waals surface area contributed by atoms with Crippen LogP contribution in [0.5, 0.6) is 0 Å². The second kappa shape index (κ2) is 6.08. The van der Waals surface area contributed by atoms with Gasteiger partial charge in [0, 0.05) is 18.6 Å². The van der Waals surface area contributed by atoms with Crippen molar-refractivity contribution in [2.45, 2.75) is 38.0 Å². The molecule has 2 aromatic rings. The molecule has 1 fully saturated rings. The molecule has 1 aliphatic rings. The molecule has 1 aromatic carbocycles. The predicted octanol–water partition coefficient (Wildman–Crippen LogP) is 3.87. The summed E-state index contributed by atoms with van der Waals surface area (Å²) in [5.41, 5.74) is -0.224. The number of ether oxygens (including phenoxy) is 1. The van der Waals surface area contributed by atoms with Gasteiger partial charge in [0.2, 0.25) is 11.8 Å². The number of benzene rings is 1. The number of halogens is 3. The van der Waals surface area contributed by atoms with Crippen molar-refractivity contribution in [1.29, 1.82) is 0 Å². The van der Waals surface area contributed by atoms with Crippen LogP contribution in [-0.4, -0.2) is 22.9 Å². The summed E-state index contributed by atoms with van der Waals surface area (Å²) < 4.78 is 48.5. The Morgan fingerprint density at radius 1 is 1.14 bits per heavy atom. The summed E-state index contributed by atoms with van der Waals surface area (Å²) in [4.78, 5) is 0. The van der Waals surface area contributed by atoms with E-state index in [1.165, 1.54) is 12.1 Å². The molecule has 0 N–H and O–H groups in total. The van der Waals surface area contributed by atoms with Crippen molar-refractivity contribution in [2.75, 3.05) is 6.61 Å². The van der Waals surface area contributed by atoms with Gasteiger partial charge in [-0.2, -0.15) is 13.2 Å². The number of aromatic nitrogens is 2. The highest BCUT2D eigenvalue weighted by atomic mass is 19.4. The van der Waals surface area contributed by atoms with Crippen LogP contribution >= 0.6 is 0 Å². The van der Waals surface area contributed by atoms with Gasteiger partial charge in [0.25, 0.3) is 0 Å². The summed E-state index contributed by atoms with van der Waals surface area (Å²) in [5, 5.41) is 7.82. The van der Waals surface area contributed by atoms with Gasteiger partial charge >= 0.3 is 6.18 Å². The Hall–Kier alpha value is -1.89. The maximum Gasteiger partial charge on any atom is 0.416 e. The maximum atomic E-state index is 12.5. The molecular weight excluding hydrogens is 297 g/mol. The van der Waals surface area contributed by atoms with Crippen molar-refractivity contribution in [1.82, 2.24) is 10.2 Å². The highest BCUT2D eigenvalue weighted by molar-refractivity contribution is 5.53. The third-order valence-corrected chi connectivity index (χ3v) is 3.63. The molecule has 22 heavy (non-hydrogen) atoms. The van der Waals surface area contributed by atoms with E-state index in [-0.39, 0.29) is 12.0 Å². The van der Waals surface area contributed by atoms with Crippen LogP contribution in [0.2, 0.25) is 0 Å². The molecule has 1 unspecified atom stereocenters. The minimum atomic E-state index is -4.35. The third-order valence-electron chi connectivity index (χ3n) is 3.63. The molecule has 7 heteroatoms. The Labute approximate surface area is 125 Å². The van der Waals surface area contributed by atoms with Crippen molar-refractivity contribution in [3.63, 3.8) is 0 Å². The lowest BCUT2D eigenvalue weighted by Gasteiger charge is -2.06. The fourth-order valence-electron chi connectivity index (χ4n) is 2.43. The Kier molecular flexibility index (Phi) is 4.15. The normalized spacial score (nSPS) is 18.8. The van der Waals surface area contributed by atoms with Crippen molar-refractivity contribution in [3.05, 3.63) is 35.7 Å². The lowest BCUT2D eigenvalue weighted by molar-refractivity contribution is -0.137. The molecule has 4 nitrogen and oxygen atoms in total. The molecule has 2 heterocycles. The lowest BCUT2D eigenvalue weighted by Crippen LogP contribution is -2.06. The van der Waals surface area contributed by atoms with Gasteiger partial charge in [-0.15, -0.1) is 10.2 Å². The molecule has 1 aliphatic heterocycles. The van der Waals surface area contributed by atoms with Crippen LogP contribution in [-0.2, 0) is 17.3 Å². The van der Waals surface area contributed by atoms with Gasteiger partial charge in [0.15, 0.2) is 0 Å². The van der Waals surface area contributed by atoms with E-state index in [0.717, 1.165) is 38.0 Å². The maximum absolute atomic E-state index is 12.5. The molecule has 0 aliphatic carbocycles. The fourth-order valence-corrected chi connectivity index (χ4v) is 2.43. The molecule has 0 saturated carbocycles. The van der Waals surface area contributed by atoms with Gasteiger partial charge in [-0.25, -0.2) is 0 Å². The van der Waals surface area contributed by atoms with Gasteiger partial charge in [-0.1, -0.05) is 0 Å². The number of hydrogen-bond donors (Lipinski definition) is 0. The van der Waals surface area contributed by atoms with Crippen LogP contribution < -0.4 is 0 Å². The number of rotatable bonds is 4. The Morgan fingerprint density at radius 3 is 2.55 bits per heavy atom. The first kappa shape index (κ1) is 15.0. The Bertz CT molecular complexity index is 616. The molecule has 0 spiro atoms. The molecule has 3 rings (SSSR count). The van der Waals surface area contributed by atoms with Crippen molar-refractivity contribution < 1.29 is 22.3 Å². The van der Waals surface area contributed by atoms with E-state index in [4.69, 9.17) is 9.15 Å². The lowest BCUT2D eigenvalue weighted by atomic mass is 10.1. The fraction of sp³-hybridized carbons (Fsp3) is 0.467. The molecule has 0 bridgehead atoms. The van der Waals surface area contributed by atoms with Crippen LogP contribution in [0.4, 0.5) is 13.2 Å². The van der Waals surface area contributed by atoms with E-state index in [9.17, 15) is 13.2 Å². The van der Waals surface area contributed by atoms with E-state index in [1.54, 1.807) is 0 Å². The van der Waals surface area contributed by atoms with Crippen molar-refractivity contribution in [3.8, 4) is 11.5 Å². The van der Waals surface area contributed by atoms with Gasteiger partial charge in [0.05, 0.1) is 11.7 Å². The molecule has 0 amide bonds. The zero-order chi connectivity index (χ0) is 15.6. The Balaban J connectivity index is 1.65. The topological polar surface area (TPSA) is 48.2 Å². The molecule has 1 saturated heterocycles. The molecule has 1 aromatic heterocycles. The Morgan fingerprint density at radius 2 is 1.91 bits per heavy atom. The highest BCUT2D eigenvalue weighted by Crippen LogP contribution is 2.30. The second-order valence-electron chi connectivity index (χ2n) is 5.25. The van der Waals surface area contributed by atoms with Crippen molar-refractivity contribution in [2.24, 2.45) is 0 Å². The predicted molar refractivity (Wildman–Crippen MR) is 72.0 cm³/mol. The van der Waals surface area contributed by atoms with Crippen molar-refractivity contribution >= 4 is 0 Å². The molecule has 118 valence electrons. The average Bonchev–Trinajstić information content (AvgIpc) is 3.16. The average molecular weight is 312 g/mol. The number of alkyl halides is 3.